The molecule has 184 valence electrons. The molecule has 2 heterocycles. The van der Waals surface area contributed by atoms with Gasteiger partial charge in [-0.3, -0.25) is 0 Å². The Morgan fingerprint density at radius 3 is 1.84 bits per heavy atom. The summed E-state index contributed by atoms with van der Waals surface area (Å²) in [7, 11) is -0.398. The van der Waals surface area contributed by atoms with Crippen LogP contribution >= 0.6 is 0 Å². The van der Waals surface area contributed by atoms with Crippen LogP contribution in [-0.2, 0) is 9.31 Å². The van der Waals surface area contributed by atoms with Gasteiger partial charge in [-0.1, -0.05) is 72.8 Å². The third kappa shape index (κ3) is 2.93. The van der Waals surface area contributed by atoms with Crippen molar-refractivity contribution in [1.82, 2.24) is 0 Å². The summed E-state index contributed by atoms with van der Waals surface area (Å²) in [6.07, 6.45) is 0. The van der Waals surface area contributed by atoms with Crippen LogP contribution in [0.25, 0.3) is 65.0 Å². The van der Waals surface area contributed by atoms with Gasteiger partial charge in [-0.15, -0.1) is 0 Å². The van der Waals surface area contributed by atoms with Crippen molar-refractivity contribution < 1.29 is 13.7 Å². The van der Waals surface area contributed by atoms with Gasteiger partial charge in [-0.05, 0) is 94.4 Å². The highest BCUT2D eigenvalue weighted by molar-refractivity contribution is 6.62. The Kier molecular flexibility index (Phi) is 4.30. The van der Waals surface area contributed by atoms with Gasteiger partial charge in [0.15, 0.2) is 0 Å². The Hall–Kier alpha value is -3.86. The van der Waals surface area contributed by atoms with Crippen LogP contribution in [0.15, 0.2) is 95.4 Å². The fourth-order valence-electron chi connectivity index (χ4n) is 6.14. The molecule has 4 heteroatoms. The Morgan fingerprint density at radius 1 is 0.500 bits per heavy atom. The van der Waals surface area contributed by atoms with Crippen LogP contribution in [0.5, 0.6) is 0 Å². The van der Waals surface area contributed by atoms with E-state index in [4.69, 9.17) is 13.7 Å². The SMILES string of the molecule is CC1(C)OB(c2ccc3c(c2)c2ccccc2c2cc4c(cc32)oc2ccc3ccccc3c24)OC1(C)C. The van der Waals surface area contributed by atoms with Gasteiger partial charge in [0.2, 0.25) is 0 Å². The van der Waals surface area contributed by atoms with Crippen molar-refractivity contribution in [2.24, 2.45) is 0 Å². The van der Waals surface area contributed by atoms with E-state index in [1.165, 1.54) is 48.5 Å². The molecule has 1 fully saturated rings. The van der Waals surface area contributed by atoms with E-state index in [1.807, 2.05) is 0 Å². The summed E-state index contributed by atoms with van der Waals surface area (Å²) in [5.41, 5.74) is 2.11. The minimum Gasteiger partial charge on any atom is -0.456 e. The van der Waals surface area contributed by atoms with Crippen LogP contribution in [0.1, 0.15) is 27.7 Å². The van der Waals surface area contributed by atoms with Gasteiger partial charge in [0.1, 0.15) is 11.2 Å². The Bertz CT molecular complexity index is 2080. The van der Waals surface area contributed by atoms with Gasteiger partial charge < -0.3 is 13.7 Å². The molecule has 0 saturated carbocycles. The lowest BCUT2D eigenvalue weighted by molar-refractivity contribution is 0.00578. The number of hydrogen-bond acceptors (Lipinski definition) is 3. The zero-order valence-corrected chi connectivity index (χ0v) is 22.0. The summed E-state index contributed by atoms with van der Waals surface area (Å²) in [6.45, 7) is 8.38. The molecule has 6 aromatic carbocycles. The smallest absolute Gasteiger partial charge is 0.456 e. The highest BCUT2D eigenvalue weighted by Gasteiger charge is 2.51. The molecule has 0 unspecified atom stereocenters. The lowest BCUT2D eigenvalue weighted by Crippen LogP contribution is -2.41. The number of rotatable bonds is 1. The van der Waals surface area contributed by atoms with Gasteiger partial charge in [-0.25, -0.2) is 0 Å². The normalized spacial score (nSPS) is 17.1. The molecule has 0 N–H and O–H groups in total. The van der Waals surface area contributed by atoms with Gasteiger partial charge in [0.25, 0.3) is 0 Å². The minimum atomic E-state index is -0.398. The quantitative estimate of drug-likeness (QED) is 0.169. The van der Waals surface area contributed by atoms with Crippen molar-refractivity contribution in [2.75, 3.05) is 0 Å². The van der Waals surface area contributed by atoms with Crippen LogP contribution in [0.2, 0.25) is 0 Å². The van der Waals surface area contributed by atoms with E-state index in [1.54, 1.807) is 0 Å². The third-order valence-corrected chi connectivity index (χ3v) is 8.87. The van der Waals surface area contributed by atoms with Crippen LogP contribution in [0, 0.1) is 0 Å². The van der Waals surface area contributed by atoms with Gasteiger partial charge >= 0.3 is 7.12 Å². The summed E-state index contributed by atoms with van der Waals surface area (Å²) in [5, 5.41) is 12.1. The standard InChI is InChI=1S/C34H27BO3/c1-33(2)34(3,4)38-35(37-33)21-14-15-25-26(17-21)23-11-7-8-12-24(23)27-18-29-31(19-28(25)27)36-30-16-13-20-9-5-6-10-22(20)32(29)30/h5-19H,1-4H3. The van der Waals surface area contributed by atoms with Crippen molar-refractivity contribution in [3.05, 3.63) is 91.0 Å². The Balaban J connectivity index is 1.44. The predicted octanol–water partition coefficient (Wildman–Crippen LogP) is 8.50. The maximum Gasteiger partial charge on any atom is 0.494 e. The number of furan rings is 1. The van der Waals surface area contributed by atoms with Gasteiger partial charge in [-0.2, -0.15) is 0 Å². The van der Waals surface area contributed by atoms with Crippen LogP contribution in [0.3, 0.4) is 0 Å². The van der Waals surface area contributed by atoms with Gasteiger partial charge in [0.05, 0.1) is 11.2 Å². The largest absolute Gasteiger partial charge is 0.494 e. The van der Waals surface area contributed by atoms with E-state index in [2.05, 4.69) is 119 Å². The molecule has 0 spiro atoms. The molecule has 1 aliphatic rings. The molecule has 0 bridgehead atoms. The predicted molar refractivity (Wildman–Crippen MR) is 159 cm³/mol. The zero-order chi connectivity index (χ0) is 25.8. The highest BCUT2D eigenvalue weighted by atomic mass is 16.7. The molecule has 1 saturated heterocycles. The summed E-state index contributed by atoms with van der Waals surface area (Å²) < 4.78 is 19.2. The Morgan fingerprint density at radius 2 is 1.11 bits per heavy atom. The van der Waals surface area contributed by atoms with Crippen molar-refractivity contribution in [3.8, 4) is 0 Å². The van der Waals surface area contributed by atoms with E-state index >= 15 is 0 Å². The molecule has 0 radical (unpaired) electrons. The van der Waals surface area contributed by atoms with Crippen LogP contribution < -0.4 is 5.46 Å². The molecule has 38 heavy (non-hydrogen) atoms. The van der Waals surface area contributed by atoms with Crippen LogP contribution in [-0.4, -0.2) is 18.3 Å². The second kappa shape index (κ2) is 7.38. The average Bonchev–Trinajstić information content (AvgIpc) is 3.39. The first kappa shape index (κ1) is 22.2. The Labute approximate surface area is 221 Å². The molecule has 0 amide bonds. The number of fused-ring (bicyclic) bond motifs is 11. The molecule has 1 aromatic heterocycles. The number of hydrogen-bond donors (Lipinski definition) is 0. The summed E-state index contributed by atoms with van der Waals surface area (Å²) in [5.74, 6) is 0. The van der Waals surface area contributed by atoms with E-state index in [0.717, 1.165) is 22.0 Å². The van der Waals surface area contributed by atoms with E-state index < -0.39 is 7.12 Å². The minimum absolute atomic E-state index is 0.380. The van der Waals surface area contributed by atoms with Crippen LogP contribution in [0.4, 0.5) is 0 Å². The first-order valence-corrected chi connectivity index (χ1v) is 13.3. The average molecular weight is 494 g/mol. The molecule has 7 aromatic rings. The third-order valence-electron chi connectivity index (χ3n) is 8.87. The van der Waals surface area contributed by atoms with E-state index in [-0.39, 0.29) is 11.2 Å². The molecule has 0 aliphatic carbocycles. The fraction of sp³-hybridized carbons (Fsp3) is 0.176. The second-order valence-electron chi connectivity index (χ2n) is 11.6. The first-order valence-electron chi connectivity index (χ1n) is 13.3. The topological polar surface area (TPSA) is 31.6 Å². The lowest BCUT2D eigenvalue weighted by Gasteiger charge is -2.32. The fourth-order valence-corrected chi connectivity index (χ4v) is 6.14. The summed E-state index contributed by atoms with van der Waals surface area (Å²) >= 11 is 0. The summed E-state index contributed by atoms with van der Waals surface area (Å²) in [6, 6.07) is 32.6. The summed E-state index contributed by atoms with van der Waals surface area (Å²) in [4.78, 5) is 0. The van der Waals surface area contributed by atoms with Crippen molar-refractivity contribution >= 4 is 77.6 Å². The lowest BCUT2D eigenvalue weighted by atomic mass is 9.77. The van der Waals surface area contributed by atoms with Crippen molar-refractivity contribution in [1.29, 1.82) is 0 Å². The molecule has 0 atom stereocenters. The second-order valence-corrected chi connectivity index (χ2v) is 11.6. The molecule has 1 aliphatic heterocycles. The monoisotopic (exact) mass is 494 g/mol. The maximum atomic E-state index is 6.44. The molecule has 8 rings (SSSR count). The maximum absolute atomic E-state index is 6.44. The zero-order valence-electron chi connectivity index (χ0n) is 22.0. The highest BCUT2D eigenvalue weighted by Crippen LogP contribution is 2.42. The van der Waals surface area contributed by atoms with E-state index in [0.29, 0.717) is 0 Å². The molecular formula is C34H27BO3. The first-order chi connectivity index (χ1) is 18.3. The molecular weight excluding hydrogens is 467 g/mol. The van der Waals surface area contributed by atoms with Crippen molar-refractivity contribution in [2.45, 2.75) is 38.9 Å². The van der Waals surface area contributed by atoms with E-state index in [9.17, 15) is 0 Å². The van der Waals surface area contributed by atoms with Crippen molar-refractivity contribution in [3.63, 3.8) is 0 Å². The van der Waals surface area contributed by atoms with Gasteiger partial charge in [0, 0.05) is 10.8 Å². The number of benzene rings is 6. The molecule has 3 nitrogen and oxygen atoms in total.